The van der Waals surface area contributed by atoms with Gasteiger partial charge in [0.2, 0.25) is 11.8 Å². The average molecular weight is 319 g/mol. The van der Waals surface area contributed by atoms with Crippen LogP contribution in [0, 0.1) is 18.7 Å². The van der Waals surface area contributed by atoms with Gasteiger partial charge in [-0.2, -0.15) is 0 Å². The third-order valence-electron chi connectivity index (χ3n) is 3.49. The fourth-order valence-electron chi connectivity index (χ4n) is 2.41. The van der Waals surface area contributed by atoms with Gasteiger partial charge < -0.3 is 10.2 Å². The normalized spacial score (nSPS) is 17.8. The molecule has 1 saturated heterocycles. The minimum absolute atomic E-state index is 0.0739. The zero-order valence-electron chi connectivity index (χ0n) is 11.9. The fourth-order valence-corrected chi connectivity index (χ4v) is 3.07. The van der Waals surface area contributed by atoms with Crippen LogP contribution in [0.15, 0.2) is 30.5 Å². The van der Waals surface area contributed by atoms with Gasteiger partial charge in [-0.15, -0.1) is 11.3 Å². The maximum atomic E-state index is 13.8. The molecular formula is C15H14FN3O2S. The van der Waals surface area contributed by atoms with Gasteiger partial charge in [-0.1, -0.05) is 12.1 Å². The van der Waals surface area contributed by atoms with Crippen LogP contribution in [-0.4, -0.2) is 23.3 Å². The molecule has 7 heteroatoms. The number of para-hydroxylation sites is 1. The number of aromatic nitrogens is 1. The highest BCUT2D eigenvalue weighted by atomic mass is 32.1. The van der Waals surface area contributed by atoms with Crippen LogP contribution in [0.3, 0.4) is 0 Å². The zero-order valence-corrected chi connectivity index (χ0v) is 12.7. The summed E-state index contributed by atoms with van der Waals surface area (Å²) in [6.45, 7) is 2.07. The number of nitrogens with one attached hydrogen (secondary N) is 1. The first-order valence-electron chi connectivity index (χ1n) is 6.83. The average Bonchev–Trinajstić information content (AvgIpc) is 3.06. The lowest BCUT2D eigenvalue weighted by molar-refractivity contribution is -0.122. The molecule has 0 radical (unpaired) electrons. The Morgan fingerprint density at radius 2 is 2.23 bits per heavy atom. The van der Waals surface area contributed by atoms with E-state index in [2.05, 4.69) is 10.3 Å². The smallest absolute Gasteiger partial charge is 0.231 e. The van der Waals surface area contributed by atoms with Gasteiger partial charge in [-0.25, -0.2) is 9.37 Å². The molecule has 1 aromatic heterocycles. The summed E-state index contributed by atoms with van der Waals surface area (Å²) in [6, 6.07) is 6.07. The Morgan fingerprint density at radius 1 is 1.45 bits per heavy atom. The summed E-state index contributed by atoms with van der Waals surface area (Å²) in [5.74, 6) is -1.48. The van der Waals surface area contributed by atoms with E-state index in [1.54, 1.807) is 18.3 Å². The second kappa shape index (κ2) is 5.84. The van der Waals surface area contributed by atoms with Gasteiger partial charge in [0.05, 0.1) is 11.6 Å². The van der Waals surface area contributed by atoms with E-state index in [0.717, 1.165) is 4.88 Å². The van der Waals surface area contributed by atoms with Crippen LogP contribution in [0.2, 0.25) is 0 Å². The molecule has 0 saturated carbocycles. The number of carbonyl (C=O) groups excluding carboxylic acids is 2. The highest BCUT2D eigenvalue weighted by Crippen LogP contribution is 2.28. The number of aryl methyl sites for hydroxylation is 1. The van der Waals surface area contributed by atoms with Gasteiger partial charge >= 0.3 is 0 Å². The largest absolute Gasteiger partial charge is 0.309 e. The lowest BCUT2D eigenvalue weighted by Gasteiger charge is -2.17. The summed E-state index contributed by atoms with van der Waals surface area (Å²) in [5, 5.41) is 3.22. The predicted molar refractivity (Wildman–Crippen MR) is 82.3 cm³/mol. The number of thiazole rings is 1. The van der Waals surface area contributed by atoms with Crippen LogP contribution in [0.25, 0.3) is 0 Å². The first-order chi connectivity index (χ1) is 10.5. The van der Waals surface area contributed by atoms with Crippen molar-refractivity contribution in [3.8, 4) is 0 Å². The number of rotatable bonds is 3. The molecule has 1 aliphatic heterocycles. The third kappa shape index (κ3) is 2.85. The Bertz CT molecular complexity index is 731. The van der Waals surface area contributed by atoms with Crippen molar-refractivity contribution in [3.05, 3.63) is 41.2 Å². The molecule has 0 bridgehead atoms. The maximum Gasteiger partial charge on any atom is 0.231 e. The Labute approximate surface area is 130 Å². The topological polar surface area (TPSA) is 62.3 Å². The van der Waals surface area contributed by atoms with Crippen molar-refractivity contribution in [1.29, 1.82) is 0 Å². The SMILES string of the molecule is Cc1cnc(NC(=O)C2CC(=O)N(c3ccccc3F)C2)s1. The fraction of sp³-hybridized carbons (Fsp3) is 0.267. The molecule has 3 rings (SSSR count). The molecule has 2 amide bonds. The van der Waals surface area contributed by atoms with Gasteiger partial charge in [0.25, 0.3) is 0 Å². The van der Waals surface area contributed by atoms with Crippen molar-refractivity contribution in [2.45, 2.75) is 13.3 Å². The van der Waals surface area contributed by atoms with Crippen LogP contribution in [0.1, 0.15) is 11.3 Å². The molecule has 114 valence electrons. The predicted octanol–water partition coefficient (Wildman–Crippen LogP) is 2.58. The molecule has 1 aliphatic rings. The number of hydrogen-bond donors (Lipinski definition) is 1. The van der Waals surface area contributed by atoms with Crippen LogP contribution in [0.5, 0.6) is 0 Å². The summed E-state index contributed by atoms with van der Waals surface area (Å²) in [7, 11) is 0. The minimum atomic E-state index is -0.503. The highest BCUT2D eigenvalue weighted by Gasteiger charge is 2.36. The number of hydrogen-bond acceptors (Lipinski definition) is 4. The summed E-state index contributed by atoms with van der Waals surface area (Å²) >= 11 is 1.37. The Morgan fingerprint density at radius 3 is 2.91 bits per heavy atom. The van der Waals surface area contributed by atoms with Crippen molar-refractivity contribution in [2.24, 2.45) is 5.92 Å². The quantitative estimate of drug-likeness (QED) is 0.946. The first kappa shape index (κ1) is 14.6. The molecule has 1 fully saturated rings. The van der Waals surface area contributed by atoms with Gasteiger partial charge in [0.1, 0.15) is 5.82 Å². The van der Waals surface area contributed by atoms with Crippen molar-refractivity contribution >= 4 is 34.0 Å². The zero-order chi connectivity index (χ0) is 15.7. The lowest BCUT2D eigenvalue weighted by Crippen LogP contribution is -2.28. The summed E-state index contributed by atoms with van der Waals surface area (Å²) in [5.41, 5.74) is 0.216. The van der Waals surface area contributed by atoms with E-state index in [4.69, 9.17) is 0 Å². The summed E-state index contributed by atoms with van der Waals surface area (Å²) in [6.07, 6.45) is 1.75. The molecule has 5 nitrogen and oxygen atoms in total. The van der Waals surface area contributed by atoms with Gasteiger partial charge in [-0.05, 0) is 19.1 Å². The lowest BCUT2D eigenvalue weighted by atomic mass is 10.1. The van der Waals surface area contributed by atoms with Gasteiger partial charge in [-0.3, -0.25) is 9.59 Å². The Balaban J connectivity index is 1.71. The number of amides is 2. The number of halogens is 1. The molecule has 1 N–H and O–H groups in total. The number of carbonyl (C=O) groups is 2. The molecule has 0 spiro atoms. The van der Waals surface area contributed by atoms with E-state index in [9.17, 15) is 14.0 Å². The van der Waals surface area contributed by atoms with Crippen molar-refractivity contribution in [3.63, 3.8) is 0 Å². The molecular weight excluding hydrogens is 305 g/mol. The Hall–Kier alpha value is -2.28. The molecule has 2 aromatic rings. The third-order valence-corrected chi connectivity index (χ3v) is 4.32. The molecule has 2 heterocycles. The number of nitrogens with zero attached hydrogens (tertiary/aromatic N) is 2. The maximum absolute atomic E-state index is 13.8. The van der Waals surface area contributed by atoms with E-state index >= 15 is 0 Å². The molecule has 1 aromatic carbocycles. The van der Waals surface area contributed by atoms with Crippen LogP contribution in [0.4, 0.5) is 15.2 Å². The molecule has 1 atom stereocenters. The first-order valence-corrected chi connectivity index (χ1v) is 7.64. The molecule has 22 heavy (non-hydrogen) atoms. The molecule has 0 aliphatic carbocycles. The van der Waals surface area contributed by atoms with E-state index in [-0.39, 0.29) is 30.5 Å². The standard InChI is InChI=1S/C15H14FN3O2S/c1-9-7-17-15(22-9)18-14(21)10-6-13(20)19(8-10)12-5-3-2-4-11(12)16/h2-5,7,10H,6,8H2,1H3,(H,17,18,21). The van der Waals surface area contributed by atoms with Crippen molar-refractivity contribution < 1.29 is 14.0 Å². The Kier molecular flexibility index (Phi) is 3.89. The van der Waals surface area contributed by atoms with E-state index < -0.39 is 11.7 Å². The van der Waals surface area contributed by atoms with Gasteiger partial charge in [0, 0.05) is 24.0 Å². The number of benzene rings is 1. The monoisotopic (exact) mass is 319 g/mol. The van der Waals surface area contributed by atoms with E-state index in [1.807, 2.05) is 6.92 Å². The van der Waals surface area contributed by atoms with Crippen LogP contribution >= 0.6 is 11.3 Å². The van der Waals surface area contributed by atoms with Crippen LogP contribution in [-0.2, 0) is 9.59 Å². The second-order valence-corrected chi connectivity index (χ2v) is 6.36. The van der Waals surface area contributed by atoms with Crippen molar-refractivity contribution in [2.75, 3.05) is 16.8 Å². The van der Waals surface area contributed by atoms with E-state index in [1.165, 1.54) is 28.4 Å². The van der Waals surface area contributed by atoms with Crippen LogP contribution < -0.4 is 10.2 Å². The number of anilines is 2. The second-order valence-electron chi connectivity index (χ2n) is 5.12. The minimum Gasteiger partial charge on any atom is -0.309 e. The highest BCUT2D eigenvalue weighted by molar-refractivity contribution is 7.15. The van der Waals surface area contributed by atoms with Gasteiger partial charge in [0.15, 0.2) is 5.13 Å². The summed E-state index contributed by atoms with van der Waals surface area (Å²) in [4.78, 5) is 30.7. The van der Waals surface area contributed by atoms with Crippen molar-refractivity contribution in [1.82, 2.24) is 4.98 Å². The van der Waals surface area contributed by atoms with E-state index in [0.29, 0.717) is 5.13 Å². The summed E-state index contributed by atoms with van der Waals surface area (Å²) < 4.78 is 13.8. The molecule has 1 unspecified atom stereocenters.